The van der Waals surface area contributed by atoms with Crippen molar-refractivity contribution in [3.8, 4) is 0 Å². The van der Waals surface area contributed by atoms with E-state index in [0.29, 0.717) is 0 Å². The molecule has 0 radical (unpaired) electrons. The van der Waals surface area contributed by atoms with Crippen LogP contribution in [0, 0.1) is 5.82 Å². The molecule has 1 N–H and O–H groups in total. The molecule has 0 spiro atoms. The van der Waals surface area contributed by atoms with Crippen molar-refractivity contribution in [2.45, 2.75) is 33.0 Å². The van der Waals surface area contributed by atoms with Crippen LogP contribution in [0.25, 0.3) is 0 Å². The summed E-state index contributed by atoms with van der Waals surface area (Å²) in [5, 5.41) is 2.77. The van der Waals surface area contributed by atoms with Crippen molar-refractivity contribution in [1.29, 1.82) is 0 Å². The topological polar surface area (TPSA) is 58.6 Å². The Bertz CT molecular complexity index is 720. The summed E-state index contributed by atoms with van der Waals surface area (Å²) >= 11 is 0. The van der Waals surface area contributed by atoms with Gasteiger partial charge in [0.05, 0.1) is 6.61 Å². The quantitative estimate of drug-likeness (QED) is 0.771. The molecule has 0 heterocycles. The third-order valence-corrected chi connectivity index (χ3v) is 3.91. The summed E-state index contributed by atoms with van der Waals surface area (Å²) in [6, 6.07) is 14.2. The second-order valence-corrected chi connectivity index (χ2v) is 5.83. The molecule has 0 saturated heterocycles. The second-order valence-electron chi connectivity index (χ2n) is 5.83. The molecule has 138 valence electrons. The smallest absolute Gasteiger partial charge is 0.328 e. The van der Waals surface area contributed by atoms with E-state index >= 15 is 0 Å². The average molecular weight is 358 g/mol. The molecule has 2 rings (SSSR count). The highest BCUT2D eigenvalue weighted by Gasteiger charge is 2.27. The van der Waals surface area contributed by atoms with Crippen LogP contribution in [-0.4, -0.2) is 29.5 Å². The fourth-order valence-electron chi connectivity index (χ4n) is 2.44. The number of halogens is 1. The molecular weight excluding hydrogens is 335 g/mol. The molecule has 0 aliphatic heterocycles. The lowest BCUT2D eigenvalue weighted by Gasteiger charge is -2.28. The predicted molar refractivity (Wildman–Crippen MR) is 96.7 cm³/mol. The fourth-order valence-corrected chi connectivity index (χ4v) is 2.44. The normalized spacial score (nSPS) is 11.5. The first-order valence-corrected chi connectivity index (χ1v) is 8.50. The van der Waals surface area contributed by atoms with Gasteiger partial charge < -0.3 is 15.0 Å². The summed E-state index contributed by atoms with van der Waals surface area (Å²) in [7, 11) is 0. The lowest BCUT2D eigenvalue weighted by molar-refractivity contribution is -0.148. The average Bonchev–Trinajstić information content (AvgIpc) is 2.66. The zero-order chi connectivity index (χ0) is 18.9. The van der Waals surface area contributed by atoms with Crippen LogP contribution in [0.2, 0.25) is 0 Å². The van der Waals surface area contributed by atoms with Gasteiger partial charge in [-0.1, -0.05) is 42.5 Å². The van der Waals surface area contributed by atoms with Crippen molar-refractivity contribution < 1.29 is 18.7 Å². The second kappa shape index (κ2) is 9.56. The van der Waals surface area contributed by atoms with E-state index < -0.39 is 18.0 Å². The van der Waals surface area contributed by atoms with E-state index in [-0.39, 0.29) is 25.5 Å². The number of hydrogen-bond donors (Lipinski definition) is 1. The highest BCUT2D eigenvalue weighted by molar-refractivity contribution is 5.83. The zero-order valence-corrected chi connectivity index (χ0v) is 14.9. The molecule has 0 aliphatic carbocycles. The molecule has 5 nitrogen and oxygen atoms in total. The minimum atomic E-state index is -0.733. The minimum absolute atomic E-state index is 0.236. The van der Waals surface area contributed by atoms with Crippen molar-refractivity contribution in [3.05, 3.63) is 71.5 Å². The van der Waals surface area contributed by atoms with Gasteiger partial charge in [-0.05, 0) is 37.1 Å². The van der Waals surface area contributed by atoms with Gasteiger partial charge in [-0.2, -0.15) is 0 Å². The van der Waals surface area contributed by atoms with Crippen LogP contribution >= 0.6 is 0 Å². The van der Waals surface area contributed by atoms with Crippen LogP contribution in [-0.2, 0) is 22.6 Å². The third-order valence-electron chi connectivity index (χ3n) is 3.91. The number of carbonyl (C=O) groups excluding carboxylic acids is 2. The minimum Gasteiger partial charge on any atom is -0.464 e. The first-order chi connectivity index (χ1) is 12.5. The largest absolute Gasteiger partial charge is 0.464 e. The lowest BCUT2D eigenvalue weighted by atomic mass is 10.2. The summed E-state index contributed by atoms with van der Waals surface area (Å²) in [6.07, 6.45) is 0. The van der Waals surface area contributed by atoms with Crippen molar-refractivity contribution in [2.24, 2.45) is 0 Å². The van der Waals surface area contributed by atoms with Crippen molar-refractivity contribution in [3.63, 3.8) is 0 Å². The number of ether oxygens (including phenoxy) is 1. The number of rotatable bonds is 7. The number of carbonyl (C=O) groups is 2. The van der Waals surface area contributed by atoms with Crippen LogP contribution in [0.3, 0.4) is 0 Å². The summed E-state index contributed by atoms with van der Waals surface area (Å²) in [6.45, 7) is 4.12. The van der Waals surface area contributed by atoms with Crippen molar-refractivity contribution in [2.75, 3.05) is 6.61 Å². The number of nitrogens with zero attached hydrogens (tertiary/aromatic N) is 1. The van der Waals surface area contributed by atoms with Crippen molar-refractivity contribution in [1.82, 2.24) is 10.2 Å². The van der Waals surface area contributed by atoms with Gasteiger partial charge in [0, 0.05) is 13.1 Å². The van der Waals surface area contributed by atoms with Gasteiger partial charge in [0.15, 0.2) is 0 Å². The molecule has 6 heteroatoms. The maximum atomic E-state index is 13.0. The van der Waals surface area contributed by atoms with Crippen LogP contribution < -0.4 is 5.32 Å². The van der Waals surface area contributed by atoms with Gasteiger partial charge in [0.25, 0.3) is 0 Å². The van der Waals surface area contributed by atoms with Crippen LogP contribution in [0.4, 0.5) is 9.18 Å². The Morgan fingerprint density at radius 3 is 2.35 bits per heavy atom. The van der Waals surface area contributed by atoms with Gasteiger partial charge in [-0.15, -0.1) is 0 Å². The molecular formula is C20H23FN2O3. The summed E-state index contributed by atoms with van der Waals surface area (Å²) < 4.78 is 18.0. The molecule has 0 bridgehead atoms. The van der Waals surface area contributed by atoms with Gasteiger partial charge >= 0.3 is 12.0 Å². The Labute approximate surface area is 152 Å². The molecule has 2 aromatic carbocycles. The van der Waals surface area contributed by atoms with Gasteiger partial charge in [-0.25, -0.2) is 14.0 Å². The Kier molecular flexibility index (Phi) is 7.14. The van der Waals surface area contributed by atoms with Gasteiger partial charge in [0.2, 0.25) is 0 Å². The number of amides is 2. The number of benzene rings is 2. The first-order valence-electron chi connectivity index (χ1n) is 8.50. The Balaban J connectivity index is 2.09. The van der Waals surface area contributed by atoms with E-state index in [0.717, 1.165) is 11.1 Å². The van der Waals surface area contributed by atoms with Crippen LogP contribution in [0.5, 0.6) is 0 Å². The number of urea groups is 1. The van der Waals surface area contributed by atoms with E-state index in [9.17, 15) is 14.0 Å². The van der Waals surface area contributed by atoms with Crippen LogP contribution in [0.1, 0.15) is 25.0 Å². The van der Waals surface area contributed by atoms with E-state index in [4.69, 9.17) is 4.74 Å². The predicted octanol–water partition coefficient (Wildman–Crippen LogP) is 3.49. The summed E-state index contributed by atoms with van der Waals surface area (Å²) in [5.41, 5.74) is 1.67. The van der Waals surface area contributed by atoms with Crippen LogP contribution in [0.15, 0.2) is 54.6 Å². The van der Waals surface area contributed by atoms with E-state index in [1.54, 1.807) is 26.0 Å². The highest BCUT2D eigenvalue weighted by Crippen LogP contribution is 2.11. The monoisotopic (exact) mass is 358 g/mol. The Morgan fingerprint density at radius 1 is 1.08 bits per heavy atom. The van der Waals surface area contributed by atoms with Gasteiger partial charge in [0.1, 0.15) is 11.9 Å². The standard InChI is InChI=1S/C20H23FN2O3/c1-3-26-19(24)15(2)23(14-17-7-5-4-6-8-17)20(25)22-13-16-9-11-18(21)12-10-16/h4-12,15H,3,13-14H2,1-2H3,(H,22,25). The van der Waals surface area contributed by atoms with Crippen molar-refractivity contribution >= 4 is 12.0 Å². The Hall–Kier alpha value is -2.89. The lowest BCUT2D eigenvalue weighted by Crippen LogP contribution is -2.48. The summed E-state index contributed by atoms with van der Waals surface area (Å²) in [5.74, 6) is -0.790. The third kappa shape index (κ3) is 5.58. The fraction of sp³-hybridized carbons (Fsp3) is 0.300. The molecule has 2 aromatic rings. The molecule has 0 aliphatic rings. The number of esters is 1. The molecule has 1 atom stereocenters. The SMILES string of the molecule is CCOC(=O)C(C)N(Cc1ccccc1)C(=O)NCc1ccc(F)cc1. The van der Waals surface area contributed by atoms with E-state index in [1.807, 2.05) is 30.3 Å². The molecule has 0 aromatic heterocycles. The maximum absolute atomic E-state index is 13.0. The Morgan fingerprint density at radius 2 is 1.73 bits per heavy atom. The number of nitrogens with one attached hydrogen (secondary N) is 1. The molecule has 0 fully saturated rings. The first kappa shape index (κ1) is 19.4. The molecule has 26 heavy (non-hydrogen) atoms. The van der Waals surface area contributed by atoms with Gasteiger partial charge in [-0.3, -0.25) is 0 Å². The molecule has 1 unspecified atom stereocenters. The van der Waals surface area contributed by atoms with E-state index in [1.165, 1.54) is 17.0 Å². The molecule has 0 saturated carbocycles. The molecule has 2 amide bonds. The summed E-state index contributed by atoms with van der Waals surface area (Å²) in [4.78, 5) is 26.2. The number of hydrogen-bond acceptors (Lipinski definition) is 3. The highest BCUT2D eigenvalue weighted by atomic mass is 19.1. The zero-order valence-electron chi connectivity index (χ0n) is 14.9. The maximum Gasteiger partial charge on any atom is 0.328 e. The van der Waals surface area contributed by atoms with E-state index in [2.05, 4.69) is 5.32 Å².